The maximum Gasteiger partial charge on any atom is 0.237 e. The third kappa shape index (κ3) is 5.72. The maximum absolute atomic E-state index is 11.7. The molecule has 0 aromatic heterocycles. The van der Waals surface area contributed by atoms with Gasteiger partial charge in [0.1, 0.15) is 0 Å². The highest BCUT2D eigenvalue weighted by atomic mass is 32.2. The predicted molar refractivity (Wildman–Crippen MR) is 69.4 cm³/mol. The number of aliphatic hydroxyl groups excluding tert-OH is 1. The van der Waals surface area contributed by atoms with Crippen molar-refractivity contribution in [2.45, 2.75) is 44.5 Å². The molecule has 0 aliphatic heterocycles. The van der Waals surface area contributed by atoms with Crippen molar-refractivity contribution in [1.82, 2.24) is 5.32 Å². The number of hydrogen-bond donors (Lipinski definition) is 3. The number of amides is 1. The third-order valence-electron chi connectivity index (χ3n) is 2.47. The van der Waals surface area contributed by atoms with Crippen LogP contribution in [0.25, 0.3) is 0 Å². The number of aliphatic hydroxyl groups is 1. The molecular weight excluding hydrogens is 224 g/mol. The Balaban J connectivity index is 4.12. The number of carbonyl (C=O) groups excluding carboxylic acids is 1. The second kappa shape index (κ2) is 7.92. The lowest BCUT2D eigenvalue weighted by atomic mass is 10.0. The van der Waals surface area contributed by atoms with Crippen LogP contribution in [0.2, 0.25) is 0 Å². The summed E-state index contributed by atoms with van der Waals surface area (Å²) in [6.07, 6.45) is 2.60. The number of rotatable bonds is 7. The maximum atomic E-state index is 11.7. The van der Waals surface area contributed by atoms with Crippen LogP contribution in [-0.2, 0) is 4.79 Å². The number of nitrogens with one attached hydrogen (secondary N) is 1. The van der Waals surface area contributed by atoms with Crippen molar-refractivity contribution in [3.8, 4) is 0 Å². The van der Waals surface area contributed by atoms with E-state index in [-0.39, 0.29) is 23.8 Å². The van der Waals surface area contributed by atoms with Gasteiger partial charge in [0.25, 0.3) is 0 Å². The molecule has 5 heteroatoms. The van der Waals surface area contributed by atoms with Gasteiger partial charge >= 0.3 is 0 Å². The highest BCUT2D eigenvalue weighted by molar-refractivity contribution is 7.99. The lowest BCUT2D eigenvalue weighted by Crippen LogP contribution is -2.48. The van der Waals surface area contributed by atoms with Gasteiger partial charge in [-0.15, -0.1) is 0 Å². The summed E-state index contributed by atoms with van der Waals surface area (Å²) in [6, 6.07) is -0.519. The molecule has 1 amide bonds. The van der Waals surface area contributed by atoms with Crippen LogP contribution < -0.4 is 11.1 Å². The largest absolute Gasteiger partial charge is 0.395 e. The second-order valence-corrected chi connectivity index (χ2v) is 5.57. The van der Waals surface area contributed by atoms with Crippen molar-refractivity contribution in [2.24, 2.45) is 11.7 Å². The molecule has 0 rings (SSSR count). The summed E-state index contributed by atoms with van der Waals surface area (Å²) < 4.78 is 0. The topological polar surface area (TPSA) is 75.3 Å². The van der Waals surface area contributed by atoms with Gasteiger partial charge in [-0.05, 0) is 25.5 Å². The van der Waals surface area contributed by atoms with E-state index in [2.05, 4.69) is 5.32 Å². The van der Waals surface area contributed by atoms with Gasteiger partial charge in [-0.1, -0.05) is 13.8 Å². The van der Waals surface area contributed by atoms with Crippen molar-refractivity contribution in [2.75, 3.05) is 12.9 Å². The van der Waals surface area contributed by atoms with E-state index in [1.54, 1.807) is 11.8 Å². The Bertz CT molecular complexity index is 208. The monoisotopic (exact) mass is 248 g/mol. The molecule has 0 radical (unpaired) electrons. The van der Waals surface area contributed by atoms with Crippen molar-refractivity contribution in [1.29, 1.82) is 0 Å². The van der Waals surface area contributed by atoms with E-state index in [1.807, 2.05) is 27.0 Å². The Morgan fingerprint density at radius 3 is 2.38 bits per heavy atom. The first-order valence-electron chi connectivity index (χ1n) is 5.62. The molecule has 96 valence electrons. The SMILES string of the molecule is CSC(CO)C(C)NC(=O)[C@@H](N)CC(C)C. The highest BCUT2D eigenvalue weighted by Gasteiger charge is 2.21. The van der Waals surface area contributed by atoms with E-state index >= 15 is 0 Å². The summed E-state index contributed by atoms with van der Waals surface area (Å²) >= 11 is 1.54. The average molecular weight is 248 g/mol. The fourth-order valence-electron chi connectivity index (χ4n) is 1.48. The van der Waals surface area contributed by atoms with Crippen LogP contribution in [0.1, 0.15) is 27.2 Å². The molecular formula is C11H24N2O2S. The van der Waals surface area contributed by atoms with Crippen molar-refractivity contribution in [3.05, 3.63) is 0 Å². The molecule has 0 aromatic carbocycles. The van der Waals surface area contributed by atoms with Gasteiger partial charge in [0.2, 0.25) is 5.91 Å². The predicted octanol–water partition coefficient (Wildman–Crippen LogP) is 0.588. The van der Waals surface area contributed by atoms with Crippen LogP contribution in [-0.4, -0.2) is 41.2 Å². The third-order valence-corrected chi connectivity index (χ3v) is 3.64. The Morgan fingerprint density at radius 1 is 1.44 bits per heavy atom. The lowest BCUT2D eigenvalue weighted by Gasteiger charge is -2.23. The quantitative estimate of drug-likeness (QED) is 0.616. The number of hydrogen-bond acceptors (Lipinski definition) is 4. The van der Waals surface area contributed by atoms with Gasteiger partial charge < -0.3 is 16.2 Å². The summed E-state index contributed by atoms with van der Waals surface area (Å²) in [5, 5.41) is 12.0. The molecule has 4 nitrogen and oxygen atoms in total. The Morgan fingerprint density at radius 2 is 2.00 bits per heavy atom. The number of carbonyl (C=O) groups is 1. The van der Waals surface area contributed by atoms with Gasteiger partial charge in [-0.3, -0.25) is 4.79 Å². The smallest absolute Gasteiger partial charge is 0.237 e. The van der Waals surface area contributed by atoms with Crippen LogP contribution >= 0.6 is 11.8 Å². The first-order chi connectivity index (χ1) is 7.42. The van der Waals surface area contributed by atoms with Gasteiger partial charge in [-0.25, -0.2) is 0 Å². The van der Waals surface area contributed by atoms with E-state index in [4.69, 9.17) is 10.8 Å². The second-order valence-electron chi connectivity index (χ2n) is 4.49. The summed E-state index contributed by atoms with van der Waals surface area (Å²) in [4.78, 5) is 11.7. The Labute approximate surface area is 102 Å². The molecule has 0 aromatic rings. The fraction of sp³-hybridized carbons (Fsp3) is 0.909. The van der Waals surface area contributed by atoms with E-state index in [0.29, 0.717) is 12.3 Å². The minimum absolute atomic E-state index is 0.0233. The number of thioether (sulfide) groups is 1. The minimum atomic E-state index is -0.455. The lowest BCUT2D eigenvalue weighted by molar-refractivity contribution is -0.123. The molecule has 0 aliphatic carbocycles. The average Bonchev–Trinajstić information content (AvgIpc) is 2.18. The molecule has 4 N–H and O–H groups in total. The van der Waals surface area contributed by atoms with Crippen LogP contribution in [0.15, 0.2) is 0 Å². The van der Waals surface area contributed by atoms with Crippen LogP contribution in [0.3, 0.4) is 0 Å². The van der Waals surface area contributed by atoms with Gasteiger partial charge in [-0.2, -0.15) is 11.8 Å². The standard InChI is InChI=1S/C11H24N2O2S/c1-7(2)5-9(12)11(15)13-8(3)10(6-14)16-4/h7-10,14H,5-6,12H2,1-4H3,(H,13,15)/t8?,9-,10?/m0/s1. The zero-order chi connectivity index (χ0) is 12.7. The van der Waals surface area contributed by atoms with Gasteiger partial charge in [0.05, 0.1) is 12.6 Å². The molecule has 3 atom stereocenters. The summed E-state index contributed by atoms with van der Waals surface area (Å²) in [7, 11) is 0. The molecule has 0 spiro atoms. The normalized spacial score (nSPS) is 16.9. The summed E-state index contributed by atoms with van der Waals surface area (Å²) in [5.41, 5.74) is 5.77. The molecule has 0 fully saturated rings. The molecule has 16 heavy (non-hydrogen) atoms. The van der Waals surface area contributed by atoms with Gasteiger partial charge in [0, 0.05) is 11.3 Å². The molecule has 0 saturated heterocycles. The Kier molecular flexibility index (Phi) is 7.80. The van der Waals surface area contributed by atoms with Gasteiger partial charge in [0.15, 0.2) is 0 Å². The van der Waals surface area contributed by atoms with Crippen LogP contribution in [0.5, 0.6) is 0 Å². The minimum Gasteiger partial charge on any atom is -0.395 e. The highest BCUT2D eigenvalue weighted by Crippen LogP contribution is 2.11. The molecule has 0 saturated carbocycles. The van der Waals surface area contributed by atoms with E-state index in [0.717, 1.165) is 0 Å². The van der Waals surface area contributed by atoms with Crippen molar-refractivity contribution >= 4 is 17.7 Å². The van der Waals surface area contributed by atoms with Crippen molar-refractivity contribution < 1.29 is 9.90 Å². The van der Waals surface area contributed by atoms with Crippen LogP contribution in [0.4, 0.5) is 0 Å². The van der Waals surface area contributed by atoms with E-state index in [9.17, 15) is 4.79 Å². The molecule has 2 unspecified atom stereocenters. The fourth-order valence-corrected chi connectivity index (χ4v) is 2.10. The van der Waals surface area contributed by atoms with E-state index in [1.165, 1.54) is 0 Å². The molecule has 0 aliphatic rings. The number of nitrogens with two attached hydrogens (primary N) is 1. The van der Waals surface area contributed by atoms with Crippen LogP contribution in [0, 0.1) is 5.92 Å². The summed E-state index contributed by atoms with van der Waals surface area (Å²) in [5.74, 6) is 0.277. The molecule has 0 bridgehead atoms. The first-order valence-corrected chi connectivity index (χ1v) is 6.90. The molecule has 0 heterocycles. The zero-order valence-electron chi connectivity index (χ0n) is 10.6. The zero-order valence-corrected chi connectivity index (χ0v) is 11.4. The van der Waals surface area contributed by atoms with Crippen molar-refractivity contribution in [3.63, 3.8) is 0 Å². The summed E-state index contributed by atoms with van der Waals surface area (Å²) in [6.45, 7) is 6.02. The van der Waals surface area contributed by atoms with E-state index < -0.39 is 6.04 Å². The first kappa shape index (κ1) is 15.7. The Hall–Kier alpha value is -0.260.